The third-order valence-electron chi connectivity index (χ3n) is 3.69. The quantitative estimate of drug-likeness (QED) is 0.700. The van der Waals surface area contributed by atoms with E-state index in [2.05, 4.69) is 20.6 Å². The Balaban J connectivity index is 1.79. The van der Waals surface area contributed by atoms with Gasteiger partial charge in [0.1, 0.15) is 17.5 Å². The Bertz CT molecular complexity index is 910. The summed E-state index contributed by atoms with van der Waals surface area (Å²) in [5, 5.41) is 6.17. The summed E-state index contributed by atoms with van der Waals surface area (Å²) in [5.41, 5.74) is 2.38. The number of hydrogen-bond acceptors (Lipinski definition) is 5. The molecule has 0 radical (unpaired) electrons. The van der Waals surface area contributed by atoms with Gasteiger partial charge in [-0.2, -0.15) is 0 Å². The Morgan fingerprint density at radius 2 is 1.35 bits per heavy atom. The van der Waals surface area contributed by atoms with Crippen LogP contribution in [0.1, 0.15) is 5.82 Å². The van der Waals surface area contributed by atoms with E-state index in [-0.39, 0.29) is 0 Å². The van der Waals surface area contributed by atoms with E-state index in [0.717, 1.165) is 23.5 Å². The molecular weight excluding hydrogens is 336 g/mol. The van der Waals surface area contributed by atoms with Gasteiger partial charge in [-0.3, -0.25) is 0 Å². The predicted octanol–water partition coefficient (Wildman–Crippen LogP) is 4.62. The summed E-state index contributed by atoms with van der Waals surface area (Å²) in [6.45, 7) is 1.76. The van der Waals surface area contributed by atoms with E-state index in [1.54, 1.807) is 13.0 Å². The van der Waals surface area contributed by atoms with Crippen LogP contribution in [-0.4, -0.2) is 24.1 Å². The highest BCUT2D eigenvalue weighted by atomic mass is 19.2. The molecule has 0 amide bonds. The van der Waals surface area contributed by atoms with Gasteiger partial charge < -0.3 is 15.5 Å². The maximum Gasteiger partial charge on any atom is 0.160 e. The molecule has 134 valence electrons. The van der Waals surface area contributed by atoms with Gasteiger partial charge in [0.25, 0.3) is 0 Å². The topological polar surface area (TPSA) is 53.1 Å². The highest BCUT2D eigenvalue weighted by molar-refractivity contribution is 5.64. The number of hydrogen-bond donors (Lipinski definition) is 2. The van der Waals surface area contributed by atoms with Gasteiger partial charge in [-0.05, 0) is 43.3 Å². The number of halogens is 2. The molecule has 0 saturated carbocycles. The van der Waals surface area contributed by atoms with Crippen LogP contribution >= 0.6 is 0 Å². The van der Waals surface area contributed by atoms with Gasteiger partial charge in [-0.1, -0.05) is 0 Å². The molecule has 0 saturated heterocycles. The first-order chi connectivity index (χ1) is 12.4. The molecule has 0 spiro atoms. The number of nitrogens with zero attached hydrogens (tertiary/aromatic N) is 3. The molecule has 0 unspecified atom stereocenters. The van der Waals surface area contributed by atoms with Gasteiger partial charge in [-0.25, -0.2) is 18.7 Å². The zero-order valence-electron chi connectivity index (χ0n) is 14.7. The molecule has 26 heavy (non-hydrogen) atoms. The first kappa shape index (κ1) is 17.6. The monoisotopic (exact) mass is 355 g/mol. The summed E-state index contributed by atoms with van der Waals surface area (Å²) in [6.07, 6.45) is 0. The number of aryl methyl sites for hydroxylation is 1. The van der Waals surface area contributed by atoms with E-state index in [0.29, 0.717) is 23.1 Å². The number of nitrogens with one attached hydrogen (secondary N) is 2. The second-order valence-corrected chi connectivity index (χ2v) is 6.01. The lowest BCUT2D eigenvalue weighted by atomic mass is 10.2. The third kappa shape index (κ3) is 4.24. The minimum Gasteiger partial charge on any atom is -0.378 e. The Kier molecular flexibility index (Phi) is 4.97. The van der Waals surface area contributed by atoms with E-state index in [1.165, 1.54) is 6.07 Å². The van der Waals surface area contributed by atoms with Crippen LogP contribution in [0.5, 0.6) is 0 Å². The fraction of sp³-hybridized carbons (Fsp3) is 0.158. The average molecular weight is 355 g/mol. The summed E-state index contributed by atoms with van der Waals surface area (Å²) in [7, 11) is 3.96. The number of anilines is 5. The van der Waals surface area contributed by atoms with Gasteiger partial charge >= 0.3 is 0 Å². The molecule has 0 aliphatic carbocycles. The summed E-state index contributed by atoms with van der Waals surface area (Å²) in [4.78, 5) is 10.6. The summed E-state index contributed by atoms with van der Waals surface area (Å²) in [5.74, 6) is -0.181. The molecule has 0 fully saturated rings. The normalized spacial score (nSPS) is 10.5. The highest BCUT2D eigenvalue weighted by Gasteiger charge is 2.06. The van der Waals surface area contributed by atoms with Crippen LogP contribution in [-0.2, 0) is 0 Å². The van der Waals surface area contributed by atoms with Crippen molar-refractivity contribution >= 4 is 28.7 Å². The molecule has 0 aliphatic rings. The zero-order chi connectivity index (χ0) is 18.7. The Morgan fingerprint density at radius 1 is 0.769 bits per heavy atom. The largest absolute Gasteiger partial charge is 0.378 e. The lowest BCUT2D eigenvalue weighted by Crippen LogP contribution is -2.08. The Hall–Kier alpha value is -3.22. The zero-order valence-corrected chi connectivity index (χ0v) is 14.7. The van der Waals surface area contributed by atoms with Crippen molar-refractivity contribution < 1.29 is 8.78 Å². The first-order valence-corrected chi connectivity index (χ1v) is 8.03. The summed E-state index contributed by atoms with van der Waals surface area (Å²) >= 11 is 0. The van der Waals surface area contributed by atoms with Crippen LogP contribution in [0.2, 0.25) is 0 Å². The van der Waals surface area contributed by atoms with Crippen LogP contribution in [0.3, 0.4) is 0 Å². The van der Waals surface area contributed by atoms with E-state index in [4.69, 9.17) is 0 Å². The van der Waals surface area contributed by atoms with Crippen LogP contribution in [0.4, 0.5) is 37.5 Å². The second-order valence-electron chi connectivity index (χ2n) is 6.01. The standard InChI is InChI=1S/C19H19F2N5/c1-12-22-18(24-13-4-7-15(8-5-13)26(2)3)11-19(23-12)25-14-6-9-16(20)17(21)10-14/h4-11H,1-3H3,(H2,22,23,24,25). The van der Waals surface area contributed by atoms with Crippen molar-refractivity contribution in [2.24, 2.45) is 0 Å². The first-order valence-electron chi connectivity index (χ1n) is 8.03. The number of aromatic nitrogens is 2. The summed E-state index contributed by atoms with van der Waals surface area (Å²) < 4.78 is 26.4. The van der Waals surface area contributed by atoms with E-state index < -0.39 is 11.6 Å². The predicted molar refractivity (Wildman–Crippen MR) is 100 cm³/mol. The van der Waals surface area contributed by atoms with Crippen LogP contribution in [0.15, 0.2) is 48.5 Å². The molecule has 2 N–H and O–H groups in total. The number of benzene rings is 2. The van der Waals surface area contributed by atoms with Crippen molar-refractivity contribution in [1.29, 1.82) is 0 Å². The average Bonchev–Trinajstić information content (AvgIpc) is 2.58. The fourth-order valence-electron chi connectivity index (χ4n) is 2.41. The lowest BCUT2D eigenvalue weighted by Gasteiger charge is -2.14. The molecular formula is C19H19F2N5. The van der Waals surface area contributed by atoms with E-state index >= 15 is 0 Å². The molecule has 0 bridgehead atoms. The maximum atomic E-state index is 13.4. The SMILES string of the molecule is Cc1nc(Nc2ccc(N(C)C)cc2)cc(Nc2ccc(F)c(F)c2)n1. The van der Waals surface area contributed by atoms with Crippen molar-refractivity contribution in [3.05, 3.63) is 66.0 Å². The van der Waals surface area contributed by atoms with Crippen molar-refractivity contribution in [2.75, 3.05) is 29.6 Å². The molecule has 1 aromatic heterocycles. The van der Waals surface area contributed by atoms with Gasteiger partial charge in [0.05, 0.1) is 0 Å². The minimum absolute atomic E-state index is 0.406. The van der Waals surface area contributed by atoms with Crippen molar-refractivity contribution in [2.45, 2.75) is 6.92 Å². The molecule has 2 aromatic carbocycles. The number of rotatable bonds is 5. The smallest absolute Gasteiger partial charge is 0.160 e. The van der Waals surface area contributed by atoms with E-state index in [1.807, 2.05) is 43.3 Å². The molecule has 3 rings (SSSR count). The minimum atomic E-state index is -0.917. The van der Waals surface area contributed by atoms with Crippen molar-refractivity contribution in [3.63, 3.8) is 0 Å². The fourth-order valence-corrected chi connectivity index (χ4v) is 2.41. The van der Waals surface area contributed by atoms with Crippen molar-refractivity contribution in [1.82, 2.24) is 9.97 Å². The maximum absolute atomic E-state index is 13.4. The molecule has 0 aliphatic heterocycles. The van der Waals surface area contributed by atoms with Gasteiger partial charge in [-0.15, -0.1) is 0 Å². The second kappa shape index (κ2) is 7.35. The summed E-state index contributed by atoms with van der Waals surface area (Å²) in [6, 6.07) is 13.2. The molecule has 1 heterocycles. The van der Waals surface area contributed by atoms with Crippen LogP contribution in [0.25, 0.3) is 0 Å². The molecule has 3 aromatic rings. The van der Waals surface area contributed by atoms with Crippen molar-refractivity contribution in [3.8, 4) is 0 Å². The van der Waals surface area contributed by atoms with E-state index in [9.17, 15) is 8.78 Å². The third-order valence-corrected chi connectivity index (χ3v) is 3.69. The highest BCUT2D eigenvalue weighted by Crippen LogP contribution is 2.23. The molecule has 5 nitrogen and oxygen atoms in total. The van der Waals surface area contributed by atoms with Gasteiger partial charge in [0, 0.05) is 43.3 Å². The molecule has 0 atom stereocenters. The van der Waals surface area contributed by atoms with Crippen LogP contribution in [0, 0.1) is 18.6 Å². The molecule has 7 heteroatoms. The van der Waals surface area contributed by atoms with Crippen LogP contribution < -0.4 is 15.5 Å². The van der Waals surface area contributed by atoms with Gasteiger partial charge in [0.2, 0.25) is 0 Å². The lowest BCUT2D eigenvalue weighted by molar-refractivity contribution is 0.509. The van der Waals surface area contributed by atoms with Gasteiger partial charge in [0.15, 0.2) is 11.6 Å². The Labute approximate surface area is 150 Å². The Morgan fingerprint density at radius 3 is 1.92 bits per heavy atom.